The Morgan fingerprint density at radius 3 is 1.64 bits per heavy atom. The largest absolute Gasteiger partial charge is 0.726 e. The number of hydrogen-bond acceptors (Lipinski definition) is 5. The summed E-state index contributed by atoms with van der Waals surface area (Å²) in [7, 11) is -4.42. The highest BCUT2D eigenvalue weighted by Crippen LogP contribution is 2.11. The number of rotatable bonds is 20. The second-order valence-corrected chi connectivity index (χ2v) is 10.1. The van der Waals surface area contributed by atoms with Crippen LogP contribution in [-0.4, -0.2) is 52.4 Å². The van der Waals surface area contributed by atoms with E-state index >= 15 is 0 Å². The maximum Gasteiger partial charge on any atom is 0.217 e. The first-order chi connectivity index (χ1) is 16.0. The van der Waals surface area contributed by atoms with E-state index in [0.29, 0.717) is 0 Å². The summed E-state index contributed by atoms with van der Waals surface area (Å²) < 4.78 is 37.4. The van der Waals surface area contributed by atoms with Gasteiger partial charge in [-0.2, -0.15) is 0 Å². The molecule has 0 unspecified atom stereocenters. The molecule has 0 atom stereocenters. The van der Waals surface area contributed by atoms with Crippen molar-refractivity contribution in [2.75, 3.05) is 39.5 Å². The highest BCUT2D eigenvalue weighted by molar-refractivity contribution is 7.80. The molecule has 0 aliphatic carbocycles. The molecule has 0 aromatic heterocycles. The number of quaternary nitrogens is 1. The zero-order valence-electron chi connectivity index (χ0n) is 21.7. The van der Waals surface area contributed by atoms with Gasteiger partial charge in [-0.15, -0.1) is 0 Å². The zero-order valence-corrected chi connectivity index (χ0v) is 22.5. The first kappa shape index (κ1) is 32.5. The van der Waals surface area contributed by atoms with Gasteiger partial charge in [0.2, 0.25) is 10.4 Å². The number of nitrogens with one attached hydrogen (secondary N) is 1. The van der Waals surface area contributed by atoms with Crippen LogP contribution >= 0.6 is 0 Å². The van der Waals surface area contributed by atoms with Crippen molar-refractivity contribution in [2.24, 2.45) is 0 Å². The second kappa shape index (κ2) is 24.6. The number of allylic oxidation sites excluding steroid dienone is 2. The fraction of sp³-hybridized carbons (Fsp3) is 0.923. The van der Waals surface area contributed by atoms with Crippen LogP contribution in [0, 0.1) is 0 Å². The van der Waals surface area contributed by atoms with Gasteiger partial charge in [0.1, 0.15) is 13.1 Å². The third-order valence-electron chi connectivity index (χ3n) is 6.00. The van der Waals surface area contributed by atoms with Gasteiger partial charge in [-0.3, -0.25) is 4.18 Å². The van der Waals surface area contributed by atoms with E-state index in [1.54, 1.807) is 4.90 Å². The minimum atomic E-state index is -4.42. The first-order valence-electron chi connectivity index (χ1n) is 13.7. The van der Waals surface area contributed by atoms with Crippen LogP contribution in [-0.2, 0) is 19.3 Å². The van der Waals surface area contributed by atoms with Crippen molar-refractivity contribution in [2.45, 2.75) is 117 Å². The smallest absolute Gasteiger partial charge is 0.217 e. The molecule has 0 spiro atoms. The van der Waals surface area contributed by atoms with Gasteiger partial charge < -0.3 is 14.2 Å². The van der Waals surface area contributed by atoms with Crippen molar-refractivity contribution in [1.82, 2.24) is 0 Å². The first-order valence-corrected chi connectivity index (χ1v) is 15.0. The molecule has 6 nitrogen and oxygen atoms in total. The molecule has 0 amide bonds. The van der Waals surface area contributed by atoms with Crippen LogP contribution in [0.5, 0.6) is 0 Å². The van der Waals surface area contributed by atoms with Gasteiger partial charge in [-0.05, 0) is 45.4 Å². The fourth-order valence-electron chi connectivity index (χ4n) is 4.03. The molecule has 1 saturated heterocycles. The molecule has 0 aromatic rings. The number of ether oxygens (including phenoxy) is 1. The van der Waals surface area contributed by atoms with E-state index in [4.69, 9.17) is 4.74 Å². The van der Waals surface area contributed by atoms with Gasteiger partial charge in [0.05, 0.1) is 26.4 Å². The molecule has 1 N–H and O–H groups in total. The molecule has 1 fully saturated rings. The molecule has 0 aromatic carbocycles. The molecular formula is C26H53NO5S. The monoisotopic (exact) mass is 491 g/mol. The lowest BCUT2D eigenvalue weighted by molar-refractivity contribution is -0.908. The van der Waals surface area contributed by atoms with Crippen LogP contribution in [0.15, 0.2) is 12.2 Å². The van der Waals surface area contributed by atoms with E-state index < -0.39 is 10.4 Å². The zero-order chi connectivity index (χ0) is 24.5. The number of morpholine rings is 1. The molecule has 1 aliphatic rings. The highest BCUT2D eigenvalue weighted by atomic mass is 32.3. The van der Waals surface area contributed by atoms with E-state index in [1.165, 1.54) is 129 Å². The lowest BCUT2D eigenvalue weighted by Gasteiger charge is -2.23. The molecule has 0 saturated carbocycles. The van der Waals surface area contributed by atoms with Crippen molar-refractivity contribution < 1.29 is 26.8 Å². The van der Waals surface area contributed by atoms with Gasteiger partial charge in [-0.1, -0.05) is 83.3 Å². The molecule has 198 valence electrons. The summed E-state index contributed by atoms with van der Waals surface area (Å²) >= 11 is 0. The Hall–Kier alpha value is -0.470. The van der Waals surface area contributed by atoms with Crippen molar-refractivity contribution in [3.8, 4) is 0 Å². The predicted octanol–water partition coefficient (Wildman–Crippen LogP) is 5.20. The summed E-state index contributed by atoms with van der Waals surface area (Å²) in [6, 6.07) is 0. The SMILES string of the molecule is CCCCCCCC/C=C\CCCCCCCCCC[NH+]1CCOCC1.CCOS(=O)(=O)[O-]. The lowest BCUT2D eigenvalue weighted by Crippen LogP contribution is -3.14. The fourth-order valence-corrected chi connectivity index (χ4v) is 4.32. The van der Waals surface area contributed by atoms with Crippen molar-refractivity contribution >= 4 is 10.4 Å². The van der Waals surface area contributed by atoms with E-state index in [0.717, 1.165) is 13.2 Å². The van der Waals surface area contributed by atoms with Gasteiger partial charge in [-0.25, -0.2) is 8.42 Å². The van der Waals surface area contributed by atoms with Crippen LogP contribution in [0.4, 0.5) is 0 Å². The Balaban J connectivity index is 0.00000126. The summed E-state index contributed by atoms with van der Waals surface area (Å²) in [5.41, 5.74) is 0. The van der Waals surface area contributed by atoms with Gasteiger partial charge in [0.25, 0.3) is 0 Å². The Labute approximate surface area is 205 Å². The van der Waals surface area contributed by atoms with Crippen LogP contribution in [0.3, 0.4) is 0 Å². The molecular weight excluding hydrogens is 438 g/mol. The Morgan fingerprint density at radius 1 is 0.758 bits per heavy atom. The standard InChI is InChI=1S/C24H47NO.C2H6O4S/c1-2-3-4-5-6-7-8-9-10-11-12-13-14-15-16-17-18-19-20-25-21-23-26-24-22-25;1-2-6-7(3,4)5/h9-10H,2-8,11-24H2,1H3;2H2,1H3,(H,3,4,5)/b10-9-;. The molecule has 0 bridgehead atoms. The number of hydrogen-bond donors (Lipinski definition) is 1. The molecule has 1 rings (SSSR count). The summed E-state index contributed by atoms with van der Waals surface area (Å²) in [5, 5.41) is 0. The normalized spacial score (nSPS) is 15.0. The Morgan fingerprint density at radius 2 is 1.21 bits per heavy atom. The summed E-state index contributed by atoms with van der Waals surface area (Å²) in [6.07, 6.45) is 27.4. The lowest BCUT2D eigenvalue weighted by atomic mass is 10.1. The third-order valence-corrected chi connectivity index (χ3v) is 6.53. The van der Waals surface area contributed by atoms with Gasteiger partial charge >= 0.3 is 0 Å². The third kappa shape index (κ3) is 27.7. The molecule has 0 radical (unpaired) electrons. The quantitative estimate of drug-likeness (QED) is 0.110. The topological polar surface area (TPSA) is 80.1 Å². The maximum atomic E-state index is 9.45. The average Bonchev–Trinajstić information content (AvgIpc) is 2.78. The molecule has 33 heavy (non-hydrogen) atoms. The van der Waals surface area contributed by atoms with Crippen molar-refractivity contribution in [3.05, 3.63) is 12.2 Å². The predicted molar refractivity (Wildman–Crippen MR) is 136 cm³/mol. The summed E-state index contributed by atoms with van der Waals surface area (Å²) in [5.74, 6) is 0. The average molecular weight is 492 g/mol. The van der Waals surface area contributed by atoms with Gasteiger partial charge in [0.15, 0.2) is 0 Å². The van der Waals surface area contributed by atoms with E-state index in [1.807, 2.05) is 0 Å². The Kier molecular flexibility index (Phi) is 24.3. The van der Waals surface area contributed by atoms with Gasteiger partial charge in [0, 0.05) is 0 Å². The van der Waals surface area contributed by atoms with Crippen molar-refractivity contribution in [1.29, 1.82) is 0 Å². The van der Waals surface area contributed by atoms with E-state index in [9.17, 15) is 13.0 Å². The van der Waals surface area contributed by atoms with E-state index in [2.05, 4.69) is 23.3 Å². The van der Waals surface area contributed by atoms with Crippen LogP contribution in [0.1, 0.15) is 117 Å². The highest BCUT2D eigenvalue weighted by Gasteiger charge is 2.12. The maximum absolute atomic E-state index is 9.45. The molecule has 1 aliphatic heterocycles. The minimum absolute atomic E-state index is 0.0914. The Bertz CT molecular complexity index is 519. The second-order valence-electron chi connectivity index (χ2n) is 9.07. The van der Waals surface area contributed by atoms with Crippen LogP contribution in [0.2, 0.25) is 0 Å². The molecule has 7 heteroatoms. The molecule has 1 heterocycles. The van der Waals surface area contributed by atoms with Crippen molar-refractivity contribution in [3.63, 3.8) is 0 Å². The number of unbranched alkanes of at least 4 members (excludes halogenated alkanes) is 14. The minimum Gasteiger partial charge on any atom is -0.726 e. The van der Waals surface area contributed by atoms with E-state index in [-0.39, 0.29) is 6.61 Å². The summed E-state index contributed by atoms with van der Waals surface area (Å²) in [6.45, 7) is 9.40. The van der Waals surface area contributed by atoms with Crippen LogP contribution in [0.25, 0.3) is 0 Å². The van der Waals surface area contributed by atoms with Crippen LogP contribution < -0.4 is 4.90 Å². The summed E-state index contributed by atoms with van der Waals surface area (Å²) in [4.78, 5) is 1.76.